The van der Waals surface area contributed by atoms with Crippen LogP contribution in [0, 0.1) is 5.92 Å². The van der Waals surface area contributed by atoms with Crippen molar-refractivity contribution in [2.75, 3.05) is 18.8 Å². The van der Waals surface area contributed by atoms with Crippen molar-refractivity contribution in [2.24, 2.45) is 5.92 Å². The molecule has 150 valence electrons. The molecule has 1 aliphatic heterocycles. The number of imidazole rings is 1. The maximum absolute atomic E-state index is 12.7. The summed E-state index contributed by atoms with van der Waals surface area (Å²) in [5, 5.41) is 1.71. The lowest BCUT2D eigenvalue weighted by molar-refractivity contribution is -0.130. The summed E-state index contributed by atoms with van der Waals surface area (Å²) in [7, 11) is 0. The second-order valence-electron chi connectivity index (χ2n) is 8.12. The molecule has 2 fully saturated rings. The first-order chi connectivity index (χ1) is 13.6. The molecular weight excluding hydrogens is 390 g/mol. The molecule has 1 amide bonds. The average molecular weight is 418 g/mol. The normalized spacial score (nSPS) is 20.6. The van der Waals surface area contributed by atoms with Gasteiger partial charge in [0.05, 0.1) is 17.6 Å². The fraction of sp³-hybridized carbons (Fsp3) is 0.545. The van der Waals surface area contributed by atoms with E-state index in [1.165, 1.54) is 32.1 Å². The van der Waals surface area contributed by atoms with Gasteiger partial charge in [-0.25, -0.2) is 4.98 Å². The molecule has 1 aromatic heterocycles. The van der Waals surface area contributed by atoms with Crippen molar-refractivity contribution in [3.63, 3.8) is 0 Å². The summed E-state index contributed by atoms with van der Waals surface area (Å²) in [6.07, 6.45) is 9.19. The average Bonchev–Trinajstić information content (AvgIpc) is 3.36. The number of nitrogens with zero attached hydrogens (tertiary/aromatic N) is 3. The largest absolute Gasteiger partial charge is 0.342 e. The monoisotopic (exact) mass is 417 g/mol. The summed E-state index contributed by atoms with van der Waals surface area (Å²) in [5.74, 6) is 1.32. The second-order valence-corrected chi connectivity index (χ2v) is 9.50. The number of benzene rings is 1. The van der Waals surface area contributed by atoms with E-state index in [9.17, 15) is 4.79 Å². The molecule has 0 spiro atoms. The van der Waals surface area contributed by atoms with Gasteiger partial charge in [0.25, 0.3) is 0 Å². The van der Waals surface area contributed by atoms with Crippen molar-refractivity contribution >= 4 is 29.3 Å². The third-order valence-corrected chi connectivity index (χ3v) is 7.13. The zero-order chi connectivity index (χ0) is 19.5. The molecule has 1 aromatic carbocycles. The highest BCUT2D eigenvalue weighted by Gasteiger charge is 2.25. The molecule has 1 unspecified atom stereocenters. The number of halogens is 1. The number of hydrogen-bond donors (Lipinski definition) is 0. The van der Waals surface area contributed by atoms with Gasteiger partial charge < -0.3 is 9.47 Å². The van der Waals surface area contributed by atoms with E-state index in [4.69, 9.17) is 16.6 Å². The molecule has 2 heterocycles. The van der Waals surface area contributed by atoms with Crippen LogP contribution >= 0.6 is 23.4 Å². The Morgan fingerprint density at radius 2 is 1.93 bits per heavy atom. The van der Waals surface area contributed by atoms with Gasteiger partial charge in [-0.05, 0) is 49.3 Å². The van der Waals surface area contributed by atoms with E-state index in [0.717, 1.165) is 40.9 Å². The molecule has 1 saturated heterocycles. The molecule has 0 bridgehead atoms. The van der Waals surface area contributed by atoms with E-state index in [2.05, 4.69) is 23.6 Å². The molecule has 0 radical (unpaired) electrons. The Labute approximate surface area is 176 Å². The van der Waals surface area contributed by atoms with Crippen LogP contribution in [-0.4, -0.2) is 39.2 Å². The maximum atomic E-state index is 12.7. The number of amides is 1. The van der Waals surface area contributed by atoms with E-state index in [1.807, 2.05) is 23.2 Å². The van der Waals surface area contributed by atoms with Gasteiger partial charge in [-0.2, -0.15) is 0 Å². The molecule has 1 saturated carbocycles. The third-order valence-electron chi connectivity index (χ3n) is 5.93. The van der Waals surface area contributed by atoms with E-state index >= 15 is 0 Å². The molecule has 2 aromatic rings. The summed E-state index contributed by atoms with van der Waals surface area (Å²) in [5.41, 5.74) is 2.26. The van der Waals surface area contributed by atoms with E-state index in [1.54, 1.807) is 11.8 Å². The Hall–Kier alpha value is -1.46. The van der Waals surface area contributed by atoms with Crippen molar-refractivity contribution in [1.29, 1.82) is 0 Å². The lowest BCUT2D eigenvalue weighted by atomic mass is 10.0. The first-order valence-corrected chi connectivity index (χ1v) is 11.7. The van der Waals surface area contributed by atoms with Gasteiger partial charge in [0, 0.05) is 24.2 Å². The minimum absolute atomic E-state index is 0.241. The van der Waals surface area contributed by atoms with E-state index in [0.29, 0.717) is 17.7 Å². The smallest absolute Gasteiger partial charge is 0.233 e. The van der Waals surface area contributed by atoms with Crippen molar-refractivity contribution in [3.05, 3.63) is 35.5 Å². The maximum Gasteiger partial charge on any atom is 0.233 e. The predicted octanol–water partition coefficient (Wildman–Crippen LogP) is 5.67. The number of carbonyl (C=O) groups is 1. The number of aromatic nitrogens is 2. The highest BCUT2D eigenvalue weighted by Crippen LogP contribution is 2.38. The number of carbonyl (C=O) groups excluding carboxylic acids is 1. The van der Waals surface area contributed by atoms with Crippen molar-refractivity contribution in [2.45, 2.75) is 56.6 Å². The summed E-state index contributed by atoms with van der Waals surface area (Å²) >= 11 is 7.66. The number of thioether (sulfide) groups is 1. The Balaban J connectivity index is 1.53. The topological polar surface area (TPSA) is 38.1 Å². The van der Waals surface area contributed by atoms with Gasteiger partial charge in [0.15, 0.2) is 5.16 Å². The lowest BCUT2D eigenvalue weighted by Gasteiger charge is -2.30. The number of rotatable bonds is 5. The van der Waals surface area contributed by atoms with Crippen LogP contribution in [0.1, 0.15) is 51.5 Å². The van der Waals surface area contributed by atoms with Crippen LogP contribution in [0.2, 0.25) is 5.02 Å². The highest BCUT2D eigenvalue weighted by atomic mass is 35.5. The van der Waals surface area contributed by atoms with E-state index in [-0.39, 0.29) is 5.91 Å². The standard InChI is InChI=1S/C22H28ClN3OS/c1-16-5-4-12-25(14-16)21(27)15-28-22-24-13-20(17-8-10-18(23)11-9-17)26(22)19-6-2-3-7-19/h8-11,13,16,19H,2-7,12,14-15H2,1H3. The zero-order valence-corrected chi connectivity index (χ0v) is 18.0. The molecule has 1 aliphatic carbocycles. The van der Waals surface area contributed by atoms with Gasteiger partial charge in [-0.1, -0.05) is 55.3 Å². The number of hydrogen-bond acceptors (Lipinski definition) is 3. The SMILES string of the molecule is CC1CCCN(C(=O)CSc2ncc(-c3ccc(Cl)cc3)n2C2CCCC2)C1. The zero-order valence-electron chi connectivity index (χ0n) is 16.4. The summed E-state index contributed by atoms with van der Waals surface area (Å²) in [6.45, 7) is 4.03. The van der Waals surface area contributed by atoms with Gasteiger partial charge in [-0.3, -0.25) is 4.79 Å². The van der Waals surface area contributed by atoms with Crippen LogP contribution < -0.4 is 0 Å². The minimum atomic E-state index is 0.241. The first-order valence-electron chi connectivity index (χ1n) is 10.4. The summed E-state index contributed by atoms with van der Waals surface area (Å²) in [4.78, 5) is 19.5. The van der Waals surface area contributed by atoms with Crippen molar-refractivity contribution in [1.82, 2.24) is 14.5 Å². The van der Waals surface area contributed by atoms with Crippen LogP contribution in [0.4, 0.5) is 0 Å². The molecule has 4 rings (SSSR count). The quantitative estimate of drug-likeness (QED) is 0.588. The van der Waals surface area contributed by atoms with Crippen LogP contribution in [0.3, 0.4) is 0 Å². The Bertz CT molecular complexity index is 814. The Morgan fingerprint density at radius 1 is 1.18 bits per heavy atom. The molecule has 0 N–H and O–H groups in total. The molecule has 2 aliphatic rings. The highest BCUT2D eigenvalue weighted by molar-refractivity contribution is 7.99. The van der Waals surface area contributed by atoms with Crippen molar-refractivity contribution in [3.8, 4) is 11.3 Å². The van der Waals surface area contributed by atoms with Gasteiger partial charge in [0.1, 0.15) is 0 Å². The number of likely N-dealkylation sites (tertiary alicyclic amines) is 1. The molecular formula is C22H28ClN3OS. The fourth-order valence-corrected chi connectivity index (χ4v) is 5.51. The van der Waals surface area contributed by atoms with Crippen LogP contribution in [0.15, 0.2) is 35.6 Å². The second kappa shape index (κ2) is 8.91. The van der Waals surface area contributed by atoms with E-state index < -0.39 is 0 Å². The van der Waals surface area contributed by atoms with Crippen molar-refractivity contribution < 1.29 is 4.79 Å². The fourth-order valence-electron chi connectivity index (χ4n) is 4.43. The predicted molar refractivity (Wildman–Crippen MR) is 116 cm³/mol. The summed E-state index contributed by atoms with van der Waals surface area (Å²) < 4.78 is 2.37. The molecule has 1 atom stereocenters. The molecule has 6 heteroatoms. The third kappa shape index (κ3) is 4.41. The number of piperidine rings is 1. The van der Waals surface area contributed by atoms with Crippen LogP contribution in [-0.2, 0) is 4.79 Å². The van der Waals surface area contributed by atoms with Gasteiger partial charge in [0.2, 0.25) is 5.91 Å². The molecule has 28 heavy (non-hydrogen) atoms. The van der Waals surface area contributed by atoms with Gasteiger partial charge >= 0.3 is 0 Å². The minimum Gasteiger partial charge on any atom is -0.342 e. The summed E-state index contributed by atoms with van der Waals surface area (Å²) in [6, 6.07) is 8.44. The lowest BCUT2D eigenvalue weighted by Crippen LogP contribution is -2.40. The van der Waals surface area contributed by atoms with Gasteiger partial charge in [-0.15, -0.1) is 0 Å². The first kappa shape index (κ1) is 19.8. The van der Waals surface area contributed by atoms with Crippen LogP contribution in [0.25, 0.3) is 11.3 Å². The molecule has 4 nitrogen and oxygen atoms in total. The Morgan fingerprint density at radius 3 is 2.64 bits per heavy atom. The Kier molecular flexibility index (Phi) is 6.32. The van der Waals surface area contributed by atoms with Crippen LogP contribution in [0.5, 0.6) is 0 Å².